The molecule has 1 rings (SSSR count). The number of halogens is 2. The monoisotopic (exact) mass is 235 g/mol. The molecule has 0 fully saturated rings. The molecule has 0 saturated heterocycles. The van der Waals surface area contributed by atoms with Gasteiger partial charge in [0.15, 0.2) is 0 Å². The van der Waals surface area contributed by atoms with Gasteiger partial charge in [-0.2, -0.15) is 0 Å². The zero-order chi connectivity index (χ0) is 9.68. The molecular weight excluding hydrogens is 225 g/mol. The van der Waals surface area contributed by atoms with Crippen LogP contribution in [0.3, 0.4) is 0 Å². The van der Waals surface area contributed by atoms with Gasteiger partial charge in [0.2, 0.25) is 0 Å². The quantitative estimate of drug-likeness (QED) is 0.374. The molecule has 0 atom stereocenters. The number of rotatable bonds is 4. The third kappa shape index (κ3) is 3.29. The Bertz CT molecular complexity index is 258. The van der Waals surface area contributed by atoms with Crippen LogP contribution in [0.25, 0.3) is 0 Å². The van der Waals surface area contributed by atoms with Gasteiger partial charge in [-0.3, -0.25) is 0 Å². The molecule has 0 aliphatic carbocycles. The maximum Gasteiger partial charge on any atom is 0.0562 e. The first-order valence-electron chi connectivity index (χ1n) is 3.98. The van der Waals surface area contributed by atoms with Crippen molar-refractivity contribution >= 4 is 40.7 Å². The summed E-state index contributed by atoms with van der Waals surface area (Å²) in [7, 11) is 0. The van der Waals surface area contributed by atoms with Crippen molar-refractivity contribution in [1.82, 2.24) is 0 Å². The molecule has 2 N–H and O–H groups in total. The lowest BCUT2D eigenvalue weighted by Crippen LogP contribution is -1.90. The average molecular weight is 236 g/mol. The van der Waals surface area contributed by atoms with E-state index in [4.69, 9.17) is 28.9 Å². The maximum absolute atomic E-state index is 5.97. The van der Waals surface area contributed by atoms with Crippen LogP contribution < -0.4 is 5.73 Å². The highest BCUT2D eigenvalue weighted by molar-refractivity contribution is 7.99. The molecule has 1 aromatic carbocycles. The average Bonchev–Trinajstić information content (AvgIpc) is 2.10. The third-order valence-electron chi connectivity index (χ3n) is 1.52. The van der Waals surface area contributed by atoms with Gasteiger partial charge >= 0.3 is 0 Å². The van der Waals surface area contributed by atoms with Crippen molar-refractivity contribution in [2.45, 2.75) is 11.3 Å². The summed E-state index contributed by atoms with van der Waals surface area (Å²) in [5.41, 5.74) is 6.51. The van der Waals surface area contributed by atoms with E-state index in [1.54, 1.807) is 11.8 Å². The Labute approximate surface area is 92.6 Å². The number of alkyl halides is 1. The second kappa shape index (κ2) is 5.63. The number of nitrogen functional groups attached to an aromatic ring is 1. The topological polar surface area (TPSA) is 26.0 Å². The fraction of sp³-hybridized carbons (Fsp3) is 0.333. The number of benzene rings is 1. The van der Waals surface area contributed by atoms with E-state index in [9.17, 15) is 0 Å². The van der Waals surface area contributed by atoms with Crippen molar-refractivity contribution < 1.29 is 0 Å². The van der Waals surface area contributed by atoms with E-state index >= 15 is 0 Å². The first-order valence-corrected chi connectivity index (χ1v) is 5.88. The molecule has 0 saturated carbocycles. The van der Waals surface area contributed by atoms with Crippen LogP contribution in [0.5, 0.6) is 0 Å². The molecule has 13 heavy (non-hydrogen) atoms. The van der Waals surface area contributed by atoms with Gasteiger partial charge in [-0.15, -0.1) is 23.4 Å². The van der Waals surface area contributed by atoms with Crippen molar-refractivity contribution in [3.05, 3.63) is 23.2 Å². The molecule has 0 heterocycles. The molecule has 1 nitrogen and oxygen atoms in total. The van der Waals surface area contributed by atoms with Gasteiger partial charge < -0.3 is 5.73 Å². The van der Waals surface area contributed by atoms with Gasteiger partial charge in [0.1, 0.15) is 0 Å². The SMILES string of the molecule is Nc1cccc(Cl)c1SCCCCl. The van der Waals surface area contributed by atoms with E-state index in [2.05, 4.69) is 0 Å². The Kier molecular flexibility index (Phi) is 4.78. The summed E-state index contributed by atoms with van der Waals surface area (Å²) < 4.78 is 0. The van der Waals surface area contributed by atoms with Gasteiger partial charge in [-0.1, -0.05) is 17.7 Å². The molecule has 0 amide bonds. The van der Waals surface area contributed by atoms with Crippen LogP contribution in [0.4, 0.5) is 5.69 Å². The molecule has 0 aliphatic heterocycles. The molecule has 0 unspecified atom stereocenters. The minimum absolute atomic E-state index is 0.678. The molecule has 0 aliphatic rings. The van der Waals surface area contributed by atoms with Crippen LogP contribution in [0.1, 0.15) is 6.42 Å². The summed E-state index contributed by atoms with van der Waals surface area (Å²) in [6, 6.07) is 5.55. The normalized spacial score (nSPS) is 10.3. The highest BCUT2D eigenvalue weighted by Crippen LogP contribution is 2.32. The van der Waals surface area contributed by atoms with Crippen molar-refractivity contribution in [1.29, 1.82) is 0 Å². The maximum atomic E-state index is 5.97. The van der Waals surface area contributed by atoms with E-state index in [-0.39, 0.29) is 0 Å². The Morgan fingerprint density at radius 1 is 1.38 bits per heavy atom. The van der Waals surface area contributed by atoms with Crippen molar-refractivity contribution in [2.24, 2.45) is 0 Å². The predicted octanol–water partition coefficient (Wildman–Crippen LogP) is 3.64. The molecule has 0 radical (unpaired) electrons. The third-order valence-corrected chi connectivity index (χ3v) is 3.45. The standard InChI is InChI=1S/C9H11Cl2NS/c10-5-2-6-13-9-7(11)3-1-4-8(9)12/h1,3-4H,2,5-6,12H2. The number of hydrogen-bond donors (Lipinski definition) is 1. The van der Waals surface area contributed by atoms with Crippen molar-refractivity contribution in [3.63, 3.8) is 0 Å². The van der Waals surface area contributed by atoms with Crippen LogP contribution in [-0.2, 0) is 0 Å². The minimum atomic E-state index is 0.678. The zero-order valence-corrected chi connectivity index (χ0v) is 9.42. The summed E-state index contributed by atoms with van der Waals surface area (Å²) in [4.78, 5) is 0.967. The van der Waals surface area contributed by atoms with Crippen molar-refractivity contribution in [2.75, 3.05) is 17.4 Å². The smallest absolute Gasteiger partial charge is 0.0562 e. The van der Waals surface area contributed by atoms with Crippen LogP contribution in [0, 0.1) is 0 Å². The second-order valence-electron chi connectivity index (χ2n) is 2.55. The Hall–Kier alpha value is -0.0500. The van der Waals surface area contributed by atoms with Crippen LogP contribution >= 0.6 is 35.0 Å². The largest absolute Gasteiger partial charge is 0.398 e. The van der Waals surface area contributed by atoms with E-state index in [1.807, 2.05) is 18.2 Å². The van der Waals surface area contributed by atoms with E-state index in [1.165, 1.54) is 0 Å². The summed E-state index contributed by atoms with van der Waals surface area (Å²) in [5, 5.41) is 0.722. The summed E-state index contributed by atoms with van der Waals surface area (Å²) in [5.74, 6) is 1.63. The van der Waals surface area contributed by atoms with E-state index in [0.29, 0.717) is 5.88 Å². The highest BCUT2D eigenvalue weighted by atomic mass is 35.5. The fourth-order valence-corrected chi connectivity index (χ4v) is 2.48. The van der Waals surface area contributed by atoms with Gasteiger partial charge in [0.25, 0.3) is 0 Å². The van der Waals surface area contributed by atoms with Gasteiger partial charge in [0.05, 0.1) is 5.02 Å². The Morgan fingerprint density at radius 2 is 2.15 bits per heavy atom. The Balaban J connectivity index is 2.64. The number of nitrogens with two attached hydrogens (primary N) is 1. The summed E-state index contributed by atoms with van der Waals surface area (Å²) in [6.45, 7) is 0. The number of anilines is 1. The molecule has 72 valence electrons. The lowest BCUT2D eigenvalue weighted by atomic mass is 10.3. The van der Waals surface area contributed by atoms with Crippen molar-refractivity contribution in [3.8, 4) is 0 Å². The minimum Gasteiger partial charge on any atom is -0.398 e. The van der Waals surface area contributed by atoms with Crippen LogP contribution in [0.15, 0.2) is 23.1 Å². The van der Waals surface area contributed by atoms with Crippen LogP contribution in [-0.4, -0.2) is 11.6 Å². The van der Waals surface area contributed by atoms with Gasteiger partial charge in [0, 0.05) is 16.5 Å². The summed E-state index contributed by atoms with van der Waals surface area (Å²) >= 11 is 13.2. The van der Waals surface area contributed by atoms with Crippen LogP contribution in [0.2, 0.25) is 5.02 Å². The fourth-order valence-electron chi connectivity index (χ4n) is 0.907. The molecular formula is C9H11Cl2NS. The van der Waals surface area contributed by atoms with E-state index < -0.39 is 0 Å². The first kappa shape index (κ1) is 11.0. The molecule has 4 heteroatoms. The van der Waals surface area contributed by atoms with Gasteiger partial charge in [-0.05, 0) is 24.3 Å². The lowest BCUT2D eigenvalue weighted by Gasteiger charge is -2.06. The molecule has 1 aromatic rings. The number of thioether (sulfide) groups is 1. The first-order chi connectivity index (χ1) is 6.25. The lowest BCUT2D eigenvalue weighted by molar-refractivity contribution is 1.11. The zero-order valence-electron chi connectivity index (χ0n) is 7.09. The number of hydrogen-bond acceptors (Lipinski definition) is 2. The van der Waals surface area contributed by atoms with Gasteiger partial charge in [-0.25, -0.2) is 0 Å². The van der Waals surface area contributed by atoms with E-state index in [0.717, 1.165) is 27.8 Å². The molecule has 0 bridgehead atoms. The predicted molar refractivity (Wildman–Crippen MR) is 61.9 cm³/mol. The molecule has 0 aromatic heterocycles. The highest BCUT2D eigenvalue weighted by Gasteiger charge is 2.03. The second-order valence-corrected chi connectivity index (χ2v) is 4.44. The summed E-state index contributed by atoms with van der Waals surface area (Å²) in [6.07, 6.45) is 0.969. The Morgan fingerprint density at radius 3 is 2.77 bits per heavy atom. The molecule has 0 spiro atoms.